The highest BCUT2D eigenvalue weighted by atomic mass is 32.2. The van der Waals surface area contributed by atoms with Crippen molar-refractivity contribution in [1.29, 1.82) is 0 Å². The molecule has 2 unspecified atom stereocenters. The van der Waals surface area contributed by atoms with E-state index in [-0.39, 0.29) is 5.76 Å². The number of hydrogen-bond acceptors (Lipinski definition) is 4. The maximum Gasteiger partial charge on any atom is 0.372 e. The van der Waals surface area contributed by atoms with Crippen molar-refractivity contribution < 1.29 is 14.3 Å². The molecule has 0 aliphatic heterocycles. The molecule has 1 heterocycles. The minimum Gasteiger partial charge on any atom is -0.475 e. The lowest BCUT2D eigenvalue weighted by Gasteiger charge is -2.18. The number of carboxylic acid groups (broad SMARTS) is 1. The van der Waals surface area contributed by atoms with Gasteiger partial charge in [-0.05, 0) is 25.2 Å². The number of hydrogen-bond donors (Lipinski definition) is 2. The number of aromatic carboxylic acids is 1. The molecule has 1 aliphatic rings. The Labute approximate surface area is 105 Å². The zero-order chi connectivity index (χ0) is 12.3. The highest BCUT2D eigenvalue weighted by Gasteiger charge is 2.26. The summed E-state index contributed by atoms with van der Waals surface area (Å²) >= 11 is 1.89. The topological polar surface area (TPSA) is 62.5 Å². The summed E-state index contributed by atoms with van der Waals surface area (Å²) in [7, 11) is 0. The average molecular weight is 255 g/mol. The number of nitrogens with one attached hydrogen (secondary N) is 1. The van der Waals surface area contributed by atoms with Crippen molar-refractivity contribution in [3.63, 3.8) is 0 Å². The number of thioether (sulfide) groups is 1. The summed E-state index contributed by atoms with van der Waals surface area (Å²) in [5.74, 6) is -0.948. The van der Waals surface area contributed by atoms with Gasteiger partial charge in [0.1, 0.15) is 0 Å². The molecule has 1 fully saturated rings. The fraction of sp³-hybridized carbons (Fsp3) is 0.583. The third-order valence-electron chi connectivity index (χ3n) is 3.25. The SMILES string of the molecule is CSC1CCCC1NCc1ccoc1C(=O)O. The van der Waals surface area contributed by atoms with E-state index in [1.807, 2.05) is 11.8 Å². The molecule has 0 saturated heterocycles. The molecule has 2 atom stereocenters. The molecule has 0 amide bonds. The van der Waals surface area contributed by atoms with Crippen molar-refractivity contribution in [2.24, 2.45) is 0 Å². The summed E-state index contributed by atoms with van der Waals surface area (Å²) in [6.45, 7) is 0.569. The molecule has 2 N–H and O–H groups in total. The van der Waals surface area contributed by atoms with Gasteiger partial charge in [-0.15, -0.1) is 0 Å². The van der Waals surface area contributed by atoms with Gasteiger partial charge in [0.15, 0.2) is 0 Å². The van der Waals surface area contributed by atoms with E-state index in [4.69, 9.17) is 9.52 Å². The number of rotatable bonds is 5. The fourth-order valence-corrected chi connectivity index (χ4v) is 3.31. The van der Waals surface area contributed by atoms with Crippen molar-refractivity contribution in [2.75, 3.05) is 6.26 Å². The first kappa shape index (κ1) is 12.5. The van der Waals surface area contributed by atoms with E-state index in [9.17, 15) is 4.79 Å². The third-order valence-corrected chi connectivity index (χ3v) is 4.42. The molecule has 2 rings (SSSR count). The maximum absolute atomic E-state index is 10.9. The molecule has 4 nitrogen and oxygen atoms in total. The first-order valence-corrected chi connectivity index (χ1v) is 7.07. The second-order valence-corrected chi connectivity index (χ2v) is 5.35. The first-order valence-electron chi connectivity index (χ1n) is 5.78. The van der Waals surface area contributed by atoms with Crippen molar-refractivity contribution in [3.05, 3.63) is 23.7 Å². The van der Waals surface area contributed by atoms with Gasteiger partial charge in [0.2, 0.25) is 5.76 Å². The Morgan fingerprint density at radius 1 is 1.65 bits per heavy atom. The van der Waals surface area contributed by atoms with Gasteiger partial charge in [0, 0.05) is 23.4 Å². The fourth-order valence-electron chi connectivity index (χ4n) is 2.35. The van der Waals surface area contributed by atoms with Gasteiger partial charge >= 0.3 is 5.97 Å². The Bertz CT molecular complexity index is 391. The molecule has 0 radical (unpaired) electrons. The molecule has 0 bridgehead atoms. The molecular formula is C12H17NO3S. The second kappa shape index (κ2) is 5.60. The Morgan fingerprint density at radius 2 is 2.47 bits per heavy atom. The zero-order valence-electron chi connectivity index (χ0n) is 9.81. The van der Waals surface area contributed by atoms with Crippen molar-refractivity contribution in [1.82, 2.24) is 5.32 Å². The van der Waals surface area contributed by atoms with Crippen LogP contribution in [0.4, 0.5) is 0 Å². The minimum atomic E-state index is -1.00. The van der Waals surface area contributed by atoms with Gasteiger partial charge in [-0.1, -0.05) is 6.42 Å². The Kier molecular flexibility index (Phi) is 4.12. The van der Waals surface area contributed by atoms with Crippen LogP contribution in [0.25, 0.3) is 0 Å². The average Bonchev–Trinajstić information content (AvgIpc) is 2.94. The summed E-state index contributed by atoms with van der Waals surface area (Å²) in [6.07, 6.45) is 7.23. The number of carbonyl (C=O) groups is 1. The van der Waals surface area contributed by atoms with Gasteiger partial charge in [-0.2, -0.15) is 11.8 Å². The summed E-state index contributed by atoms with van der Waals surface area (Å²) in [4.78, 5) is 10.9. The zero-order valence-corrected chi connectivity index (χ0v) is 10.6. The van der Waals surface area contributed by atoms with Crippen LogP contribution in [-0.2, 0) is 6.54 Å². The lowest BCUT2D eigenvalue weighted by atomic mass is 10.2. The minimum absolute atomic E-state index is 0.0520. The van der Waals surface area contributed by atoms with E-state index >= 15 is 0 Å². The predicted octanol–water partition coefficient (Wildman–Crippen LogP) is 2.35. The summed E-state index contributed by atoms with van der Waals surface area (Å²) < 4.78 is 4.95. The maximum atomic E-state index is 10.9. The van der Waals surface area contributed by atoms with E-state index in [1.165, 1.54) is 25.5 Å². The third kappa shape index (κ3) is 2.84. The van der Waals surface area contributed by atoms with Crippen LogP contribution in [0.2, 0.25) is 0 Å². The monoisotopic (exact) mass is 255 g/mol. The quantitative estimate of drug-likeness (QED) is 0.845. The normalized spacial score (nSPS) is 24.1. The van der Waals surface area contributed by atoms with Gasteiger partial charge < -0.3 is 14.8 Å². The van der Waals surface area contributed by atoms with Crippen LogP contribution in [0, 0.1) is 0 Å². The largest absolute Gasteiger partial charge is 0.475 e. The van der Waals surface area contributed by atoms with Gasteiger partial charge in [0.05, 0.1) is 6.26 Å². The van der Waals surface area contributed by atoms with Crippen molar-refractivity contribution in [3.8, 4) is 0 Å². The standard InChI is InChI=1S/C12H17NO3S/c1-17-10-4-2-3-9(10)13-7-8-5-6-16-11(8)12(14)15/h5-6,9-10,13H,2-4,7H2,1H3,(H,14,15). The Morgan fingerprint density at radius 3 is 3.18 bits per heavy atom. The second-order valence-electron chi connectivity index (χ2n) is 4.27. The van der Waals surface area contributed by atoms with Crippen LogP contribution in [-0.4, -0.2) is 28.6 Å². The molecule has 0 spiro atoms. The van der Waals surface area contributed by atoms with Gasteiger partial charge in [-0.25, -0.2) is 4.79 Å². The van der Waals surface area contributed by atoms with Crippen LogP contribution in [0.3, 0.4) is 0 Å². The van der Waals surface area contributed by atoms with Crippen LogP contribution in [0.5, 0.6) is 0 Å². The van der Waals surface area contributed by atoms with E-state index < -0.39 is 5.97 Å². The number of carboxylic acids is 1. The molecule has 0 aromatic carbocycles. The van der Waals surface area contributed by atoms with E-state index in [0.717, 1.165) is 5.56 Å². The molecule has 94 valence electrons. The molecule has 1 aromatic heterocycles. The van der Waals surface area contributed by atoms with Crippen LogP contribution >= 0.6 is 11.8 Å². The predicted molar refractivity (Wildman–Crippen MR) is 67.4 cm³/mol. The van der Waals surface area contributed by atoms with E-state index in [0.29, 0.717) is 17.8 Å². The summed E-state index contributed by atoms with van der Waals surface area (Å²) in [6, 6.07) is 2.21. The lowest BCUT2D eigenvalue weighted by Crippen LogP contribution is -2.33. The van der Waals surface area contributed by atoms with Crippen molar-refractivity contribution >= 4 is 17.7 Å². The van der Waals surface area contributed by atoms with E-state index in [1.54, 1.807) is 6.07 Å². The smallest absolute Gasteiger partial charge is 0.372 e. The van der Waals surface area contributed by atoms with E-state index in [2.05, 4.69) is 11.6 Å². The summed E-state index contributed by atoms with van der Waals surface area (Å²) in [5.41, 5.74) is 0.726. The van der Waals surface area contributed by atoms with Crippen LogP contribution < -0.4 is 5.32 Å². The van der Waals surface area contributed by atoms with Crippen LogP contribution in [0.15, 0.2) is 16.7 Å². The highest BCUT2D eigenvalue weighted by Crippen LogP contribution is 2.28. The van der Waals surface area contributed by atoms with Crippen molar-refractivity contribution in [2.45, 2.75) is 37.1 Å². The summed E-state index contributed by atoms with van der Waals surface area (Å²) in [5, 5.41) is 13.0. The number of furan rings is 1. The Hall–Kier alpha value is -0.940. The molecular weight excluding hydrogens is 238 g/mol. The van der Waals surface area contributed by atoms with Crippen LogP contribution in [0.1, 0.15) is 35.4 Å². The molecule has 1 aromatic rings. The first-order chi connectivity index (χ1) is 8.22. The molecule has 5 heteroatoms. The highest BCUT2D eigenvalue weighted by molar-refractivity contribution is 7.99. The molecule has 1 aliphatic carbocycles. The lowest BCUT2D eigenvalue weighted by molar-refractivity contribution is 0.0660. The Balaban J connectivity index is 1.93. The molecule has 1 saturated carbocycles. The van der Waals surface area contributed by atoms with Gasteiger partial charge in [0.25, 0.3) is 0 Å². The molecule has 17 heavy (non-hydrogen) atoms. The van der Waals surface area contributed by atoms with Gasteiger partial charge in [-0.3, -0.25) is 0 Å².